The van der Waals surface area contributed by atoms with Crippen molar-refractivity contribution in [2.45, 2.75) is 6.54 Å². The molecule has 0 aromatic heterocycles. The molecule has 3 nitrogen and oxygen atoms in total. The van der Waals surface area contributed by atoms with Gasteiger partial charge in [0.25, 0.3) is 0 Å². The van der Waals surface area contributed by atoms with Crippen molar-refractivity contribution in [2.75, 3.05) is 13.7 Å². The Morgan fingerprint density at radius 1 is 0.952 bits per heavy atom. The smallest absolute Gasteiger partial charge is 0.193 e. The highest BCUT2D eigenvalue weighted by molar-refractivity contribution is 6.08. The van der Waals surface area contributed by atoms with E-state index in [1.54, 1.807) is 0 Å². The molecule has 1 heterocycles. The molecule has 2 aromatic rings. The average molecular weight is 278 g/mol. The van der Waals surface area contributed by atoms with Crippen LogP contribution < -0.4 is 0 Å². The van der Waals surface area contributed by atoms with Gasteiger partial charge in [-0.05, 0) is 5.56 Å². The Bertz CT molecular complexity index is 647. The van der Waals surface area contributed by atoms with Gasteiger partial charge in [-0.15, -0.1) is 0 Å². The van der Waals surface area contributed by atoms with E-state index in [-0.39, 0.29) is 5.78 Å². The molecule has 0 saturated heterocycles. The monoisotopic (exact) mass is 278 g/mol. The van der Waals surface area contributed by atoms with Gasteiger partial charge in [0.05, 0.1) is 6.67 Å². The van der Waals surface area contributed by atoms with Crippen LogP contribution in [0.4, 0.5) is 0 Å². The highest BCUT2D eigenvalue weighted by Crippen LogP contribution is 2.14. The Morgan fingerprint density at radius 2 is 1.62 bits per heavy atom. The van der Waals surface area contributed by atoms with E-state index in [0.717, 1.165) is 24.3 Å². The summed E-state index contributed by atoms with van der Waals surface area (Å²) in [5.74, 6) is 0.0722. The topological polar surface area (TPSA) is 23.6 Å². The van der Waals surface area contributed by atoms with Crippen LogP contribution in [-0.2, 0) is 6.54 Å². The normalized spacial score (nSPS) is 13.8. The fraction of sp³-hybridized carbons (Fsp3) is 0.167. The second kappa shape index (κ2) is 5.83. The maximum absolute atomic E-state index is 12.3. The molecule has 3 heteroatoms. The summed E-state index contributed by atoms with van der Waals surface area (Å²) < 4.78 is 0. The van der Waals surface area contributed by atoms with Crippen molar-refractivity contribution in [3.8, 4) is 0 Å². The molecule has 0 spiro atoms. The largest absolute Gasteiger partial charge is 0.362 e. The molecular formula is C18H18N2O. The van der Waals surface area contributed by atoms with E-state index in [1.807, 2.05) is 54.6 Å². The molecule has 2 aromatic carbocycles. The Morgan fingerprint density at radius 3 is 2.24 bits per heavy atom. The molecule has 21 heavy (non-hydrogen) atoms. The van der Waals surface area contributed by atoms with Gasteiger partial charge in [-0.3, -0.25) is 4.79 Å². The molecule has 0 atom stereocenters. The van der Waals surface area contributed by atoms with Gasteiger partial charge in [-0.1, -0.05) is 54.6 Å². The van der Waals surface area contributed by atoms with Crippen molar-refractivity contribution in [3.05, 3.63) is 83.7 Å². The molecule has 0 radical (unpaired) electrons. The van der Waals surface area contributed by atoms with E-state index in [2.05, 4.69) is 29.2 Å². The Hall–Kier alpha value is -2.55. The van der Waals surface area contributed by atoms with Gasteiger partial charge < -0.3 is 9.80 Å². The van der Waals surface area contributed by atoms with Crippen LogP contribution in [-0.4, -0.2) is 29.3 Å². The van der Waals surface area contributed by atoms with E-state index in [0.29, 0.717) is 0 Å². The van der Waals surface area contributed by atoms with Crippen molar-refractivity contribution in [1.82, 2.24) is 9.80 Å². The van der Waals surface area contributed by atoms with Gasteiger partial charge in [0.1, 0.15) is 0 Å². The van der Waals surface area contributed by atoms with E-state index in [4.69, 9.17) is 0 Å². The summed E-state index contributed by atoms with van der Waals surface area (Å²) in [5, 5.41) is 0. The van der Waals surface area contributed by atoms with Gasteiger partial charge in [0.2, 0.25) is 0 Å². The third-order valence-electron chi connectivity index (χ3n) is 3.57. The molecular weight excluding hydrogens is 260 g/mol. The summed E-state index contributed by atoms with van der Waals surface area (Å²) in [6.07, 6.45) is 4.15. The molecule has 0 bridgehead atoms. The molecule has 0 amide bonds. The number of carbonyl (C=O) groups is 1. The highest BCUT2D eigenvalue weighted by atomic mass is 16.1. The SMILES string of the molecule is CN1C=CN(Cc2ccc(C(=O)c3ccccc3)cc2)C1. The Kier molecular flexibility index (Phi) is 3.73. The second-order valence-electron chi connectivity index (χ2n) is 5.34. The lowest BCUT2D eigenvalue weighted by molar-refractivity contribution is 0.103. The molecule has 0 fully saturated rings. The van der Waals surface area contributed by atoms with E-state index in [1.165, 1.54) is 5.56 Å². The molecule has 106 valence electrons. The highest BCUT2D eigenvalue weighted by Gasteiger charge is 2.11. The number of hydrogen-bond acceptors (Lipinski definition) is 3. The fourth-order valence-corrected chi connectivity index (χ4v) is 2.44. The fourth-order valence-electron chi connectivity index (χ4n) is 2.44. The van der Waals surface area contributed by atoms with Crippen LogP contribution in [0.5, 0.6) is 0 Å². The third kappa shape index (κ3) is 3.14. The van der Waals surface area contributed by atoms with E-state index >= 15 is 0 Å². The zero-order valence-corrected chi connectivity index (χ0v) is 12.1. The average Bonchev–Trinajstić information content (AvgIpc) is 2.93. The van der Waals surface area contributed by atoms with Gasteiger partial charge in [0.15, 0.2) is 5.78 Å². The maximum Gasteiger partial charge on any atom is 0.193 e. The lowest BCUT2D eigenvalue weighted by Crippen LogP contribution is -2.21. The predicted molar refractivity (Wildman–Crippen MR) is 83.6 cm³/mol. The summed E-state index contributed by atoms with van der Waals surface area (Å²) in [5.41, 5.74) is 2.67. The lowest BCUT2D eigenvalue weighted by atomic mass is 10.0. The zero-order valence-electron chi connectivity index (χ0n) is 12.1. The molecule has 0 N–H and O–H groups in total. The molecule has 1 aliphatic rings. The minimum atomic E-state index is 0.0722. The summed E-state index contributed by atoms with van der Waals surface area (Å²) in [7, 11) is 2.05. The first kappa shape index (κ1) is 13.4. The predicted octanol–water partition coefficient (Wildman–Crippen LogP) is 3.09. The minimum absolute atomic E-state index is 0.0722. The second-order valence-corrected chi connectivity index (χ2v) is 5.34. The first-order valence-corrected chi connectivity index (χ1v) is 7.04. The maximum atomic E-state index is 12.3. The number of hydrogen-bond donors (Lipinski definition) is 0. The quantitative estimate of drug-likeness (QED) is 0.803. The summed E-state index contributed by atoms with van der Waals surface area (Å²) in [4.78, 5) is 16.7. The van der Waals surface area contributed by atoms with Crippen molar-refractivity contribution in [3.63, 3.8) is 0 Å². The van der Waals surface area contributed by atoms with Crippen molar-refractivity contribution < 1.29 is 4.79 Å². The van der Waals surface area contributed by atoms with Crippen LogP contribution in [0.2, 0.25) is 0 Å². The van der Waals surface area contributed by atoms with Crippen LogP contribution in [0.15, 0.2) is 67.0 Å². The van der Waals surface area contributed by atoms with Crippen LogP contribution in [0.1, 0.15) is 21.5 Å². The van der Waals surface area contributed by atoms with Gasteiger partial charge in [0, 0.05) is 37.1 Å². The summed E-state index contributed by atoms with van der Waals surface area (Å²) >= 11 is 0. The molecule has 0 saturated carbocycles. The lowest BCUT2D eigenvalue weighted by Gasteiger charge is -2.18. The molecule has 0 unspecified atom stereocenters. The number of rotatable bonds is 4. The minimum Gasteiger partial charge on any atom is -0.362 e. The molecule has 3 rings (SSSR count). The van der Waals surface area contributed by atoms with Crippen molar-refractivity contribution in [2.24, 2.45) is 0 Å². The van der Waals surface area contributed by atoms with Gasteiger partial charge >= 0.3 is 0 Å². The Labute approximate surface area is 125 Å². The van der Waals surface area contributed by atoms with Crippen LogP contribution in [0, 0.1) is 0 Å². The van der Waals surface area contributed by atoms with E-state index < -0.39 is 0 Å². The summed E-state index contributed by atoms with van der Waals surface area (Å²) in [6, 6.07) is 17.3. The zero-order chi connectivity index (χ0) is 14.7. The number of ketones is 1. The first-order valence-electron chi connectivity index (χ1n) is 7.04. The standard InChI is InChI=1S/C18H18N2O/c1-19-11-12-20(14-19)13-15-7-9-17(10-8-15)18(21)16-5-3-2-4-6-16/h2-12H,13-14H2,1H3. The Balaban J connectivity index is 1.69. The van der Waals surface area contributed by atoms with Crippen molar-refractivity contribution >= 4 is 5.78 Å². The van der Waals surface area contributed by atoms with Crippen LogP contribution in [0.25, 0.3) is 0 Å². The summed E-state index contributed by atoms with van der Waals surface area (Å²) in [6.45, 7) is 1.77. The van der Waals surface area contributed by atoms with Gasteiger partial charge in [-0.25, -0.2) is 0 Å². The third-order valence-corrected chi connectivity index (χ3v) is 3.57. The molecule has 0 aliphatic carbocycles. The van der Waals surface area contributed by atoms with Crippen molar-refractivity contribution in [1.29, 1.82) is 0 Å². The van der Waals surface area contributed by atoms with E-state index in [9.17, 15) is 4.79 Å². The van der Waals surface area contributed by atoms with Crippen LogP contribution >= 0.6 is 0 Å². The number of nitrogens with zero attached hydrogens (tertiary/aromatic N) is 2. The number of carbonyl (C=O) groups excluding carboxylic acids is 1. The number of benzene rings is 2. The first-order chi connectivity index (χ1) is 10.2. The molecule has 1 aliphatic heterocycles. The van der Waals surface area contributed by atoms with Gasteiger partial charge in [-0.2, -0.15) is 0 Å². The van der Waals surface area contributed by atoms with Crippen LogP contribution in [0.3, 0.4) is 0 Å².